The summed E-state index contributed by atoms with van der Waals surface area (Å²) in [6, 6.07) is 0. The van der Waals surface area contributed by atoms with Crippen molar-refractivity contribution in [3.05, 3.63) is 17.6 Å². The Morgan fingerprint density at radius 1 is 1.39 bits per heavy atom. The third-order valence-corrected chi connectivity index (χ3v) is 3.21. The summed E-state index contributed by atoms with van der Waals surface area (Å²) in [5.41, 5.74) is 1.91. The number of carboxylic acids is 1. The third kappa shape index (κ3) is 2.44. The second-order valence-electron chi connectivity index (χ2n) is 5.63. The van der Waals surface area contributed by atoms with E-state index in [2.05, 4.69) is 9.97 Å². The van der Waals surface area contributed by atoms with Gasteiger partial charge in [-0.1, -0.05) is 0 Å². The van der Waals surface area contributed by atoms with Gasteiger partial charge in [-0.2, -0.15) is 0 Å². The minimum atomic E-state index is -0.838. The van der Waals surface area contributed by atoms with Crippen LogP contribution in [0.25, 0.3) is 0 Å². The summed E-state index contributed by atoms with van der Waals surface area (Å²) < 4.78 is 0. The molecule has 2 rings (SSSR count). The van der Waals surface area contributed by atoms with Gasteiger partial charge in [0.05, 0.1) is 0 Å². The summed E-state index contributed by atoms with van der Waals surface area (Å²) in [5.74, 6) is -0.0531. The molecule has 5 heteroatoms. The number of anilines is 1. The minimum absolute atomic E-state index is 0.0348. The lowest BCUT2D eigenvalue weighted by atomic mass is 10.0. The largest absolute Gasteiger partial charge is 0.480 e. The smallest absolute Gasteiger partial charge is 0.323 e. The van der Waals surface area contributed by atoms with Crippen molar-refractivity contribution < 1.29 is 9.90 Å². The predicted molar refractivity (Wildman–Crippen MR) is 68.8 cm³/mol. The van der Waals surface area contributed by atoms with Crippen LogP contribution in [0, 0.1) is 0 Å². The van der Waals surface area contributed by atoms with Crippen LogP contribution in [-0.4, -0.2) is 33.1 Å². The van der Waals surface area contributed by atoms with E-state index >= 15 is 0 Å². The molecule has 0 atom stereocenters. The third-order valence-electron chi connectivity index (χ3n) is 3.21. The number of hydrogen-bond acceptors (Lipinski definition) is 4. The lowest BCUT2D eigenvalue weighted by Crippen LogP contribution is -2.45. The first-order valence-electron chi connectivity index (χ1n) is 6.22. The standard InChI is InChI=1S/C13H19N3O2/c1-13(2,3)16(7-11(17)18)12-9-5-4-6-10(9)14-8-15-12/h8H,4-7H2,1-3H3,(H,17,18). The maximum Gasteiger partial charge on any atom is 0.323 e. The van der Waals surface area contributed by atoms with Gasteiger partial charge in [0.1, 0.15) is 18.7 Å². The summed E-state index contributed by atoms with van der Waals surface area (Å²) in [6.07, 6.45) is 4.53. The first-order chi connectivity index (χ1) is 8.39. The Morgan fingerprint density at radius 2 is 2.11 bits per heavy atom. The van der Waals surface area contributed by atoms with Crippen molar-refractivity contribution in [1.82, 2.24) is 9.97 Å². The number of hydrogen-bond donors (Lipinski definition) is 1. The Morgan fingerprint density at radius 3 is 2.72 bits per heavy atom. The molecule has 1 aromatic heterocycles. The number of rotatable bonds is 3. The lowest BCUT2D eigenvalue weighted by Gasteiger charge is -2.36. The Labute approximate surface area is 107 Å². The van der Waals surface area contributed by atoms with Gasteiger partial charge in [0.15, 0.2) is 0 Å². The molecule has 0 fully saturated rings. The van der Waals surface area contributed by atoms with E-state index in [1.54, 1.807) is 6.33 Å². The van der Waals surface area contributed by atoms with Crippen LogP contribution < -0.4 is 4.90 Å². The molecule has 98 valence electrons. The molecule has 0 aliphatic heterocycles. The van der Waals surface area contributed by atoms with Gasteiger partial charge in [0.2, 0.25) is 0 Å². The topological polar surface area (TPSA) is 66.3 Å². The Balaban J connectivity index is 2.43. The average Bonchev–Trinajstić information content (AvgIpc) is 2.71. The molecule has 0 spiro atoms. The van der Waals surface area contributed by atoms with Crippen molar-refractivity contribution in [3.8, 4) is 0 Å². The quantitative estimate of drug-likeness (QED) is 0.882. The number of aliphatic carboxylic acids is 1. The van der Waals surface area contributed by atoms with Gasteiger partial charge in [-0.3, -0.25) is 4.79 Å². The highest BCUT2D eigenvalue weighted by molar-refractivity contribution is 5.74. The van der Waals surface area contributed by atoms with Crippen LogP contribution in [0.1, 0.15) is 38.4 Å². The van der Waals surface area contributed by atoms with Crippen LogP contribution >= 0.6 is 0 Å². The van der Waals surface area contributed by atoms with Gasteiger partial charge >= 0.3 is 5.97 Å². The zero-order valence-electron chi connectivity index (χ0n) is 11.1. The molecule has 0 unspecified atom stereocenters. The molecule has 1 aromatic rings. The second-order valence-corrected chi connectivity index (χ2v) is 5.63. The molecular weight excluding hydrogens is 230 g/mol. The Hall–Kier alpha value is -1.65. The maximum atomic E-state index is 11.0. The van der Waals surface area contributed by atoms with Crippen LogP contribution in [0.5, 0.6) is 0 Å². The summed E-state index contributed by atoms with van der Waals surface area (Å²) in [4.78, 5) is 21.5. The zero-order valence-corrected chi connectivity index (χ0v) is 11.1. The summed E-state index contributed by atoms with van der Waals surface area (Å²) >= 11 is 0. The van der Waals surface area contributed by atoms with Crippen LogP contribution in [0.3, 0.4) is 0 Å². The monoisotopic (exact) mass is 249 g/mol. The molecule has 0 radical (unpaired) electrons. The van der Waals surface area contributed by atoms with Gasteiger partial charge in [0.25, 0.3) is 0 Å². The van der Waals surface area contributed by atoms with Crippen molar-refractivity contribution in [2.75, 3.05) is 11.4 Å². The number of carboxylic acid groups (broad SMARTS) is 1. The molecule has 18 heavy (non-hydrogen) atoms. The van der Waals surface area contributed by atoms with E-state index in [1.165, 1.54) is 0 Å². The first-order valence-corrected chi connectivity index (χ1v) is 6.22. The van der Waals surface area contributed by atoms with Crippen LogP contribution in [0.4, 0.5) is 5.82 Å². The van der Waals surface area contributed by atoms with Gasteiger partial charge in [-0.15, -0.1) is 0 Å². The van der Waals surface area contributed by atoms with Gasteiger partial charge in [-0.05, 0) is 40.0 Å². The second kappa shape index (κ2) is 4.55. The van der Waals surface area contributed by atoms with E-state index in [0.29, 0.717) is 0 Å². The van der Waals surface area contributed by atoms with Crippen molar-refractivity contribution in [1.29, 1.82) is 0 Å². The number of carbonyl (C=O) groups is 1. The Bertz CT molecular complexity index is 466. The van der Waals surface area contributed by atoms with Crippen molar-refractivity contribution in [3.63, 3.8) is 0 Å². The predicted octanol–water partition coefficient (Wildman–Crippen LogP) is 1.65. The van der Waals surface area contributed by atoms with Crippen LogP contribution in [-0.2, 0) is 17.6 Å². The number of fused-ring (bicyclic) bond motifs is 1. The SMILES string of the molecule is CC(C)(C)N(CC(=O)O)c1ncnc2c1CCC2. The van der Waals surface area contributed by atoms with Crippen LogP contribution in [0.2, 0.25) is 0 Å². The van der Waals surface area contributed by atoms with E-state index < -0.39 is 5.97 Å². The molecule has 1 heterocycles. The number of aryl methyl sites for hydroxylation is 1. The maximum absolute atomic E-state index is 11.0. The van der Waals surface area contributed by atoms with E-state index in [1.807, 2.05) is 25.7 Å². The summed E-state index contributed by atoms with van der Waals surface area (Å²) in [5, 5.41) is 9.07. The number of nitrogens with zero attached hydrogens (tertiary/aromatic N) is 3. The molecule has 5 nitrogen and oxygen atoms in total. The molecule has 0 saturated carbocycles. The molecule has 0 amide bonds. The van der Waals surface area contributed by atoms with Gasteiger partial charge in [0, 0.05) is 16.8 Å². The highest BCUT2D eigenvalue weighted by Crippen LogP contribution is 2.31. The Kier molecular flexibility index (Phi) is 3.24. The molecule has 0 bridgehead atoms. The van der Waals surface area contributed by atoms with E-state index in [0.717, 1.165) is 36.3 Å². The molecule has 0 aromatic carbocycles. The molecule has 1 aliphatic rings. The normalized spacial score (nSPS) is 14.4. The lowest BCUT2D eigenvalue weighted by molar-refractivity contribution is -0.135. The molecule has 1 N–H and O–H groups in total. The molecule has 0 saturated heterocycles. The fourth-order valence-corrected chi connectivity index (χ4v) is 2.34. The van der Waals surface area contributed by atoms with E-state index in [9.17, 15) is 4.79 Å². The van der Waals surface area contributed by atoms with Crippen molar-refractivity contribution >= 4 is 11.8 Å². The first kappa shape index (κ1) is 12.8. The van der Waals surface area contributed by atoms with Gasteiger partial charge < -0.3 is 10.0 Å². The van der Waals surface area contributed by atoms with Crippen molar-refractivity contribution in [2.45, 2.75) is 45.6 Å². The zero-order chi connectivity index (χ0) is 13.3. The highest BCUT2D eigenvalue weighted by atomic mass is 16.4. The van der Waals surface area contributed by atoms with Gasteiger partial charge in [-0.25, -0.2) is 9.97 Å². The highest BCUT2D eigenvalue weighted by Gasteiger charge is 2.29. The van der Waals surface area contributed by atoms with E-state index in [-0.39, 0.29) is 12.1 Å². The fraction of sp³-hybridized carbons (Fsp3) is 0.615. The fourth-order valence-electron chi connectivity index (χ4n) is 2.34. The summed E-state index contributed by atoms with van der Waals surface area (Å²) in [6.45, 7) is 5.96. The molecule has 1 aliphatic carbocycles. The van der Waals surface area contributed by atoms with Crippen LogP contribution in [0.15, 0.2) is 6.33 Å². The summed E-state index contributed by atoms with van der Waals surface area (Å²) in [7, 11) is 0. The average molecular weight is 249 g/mol. The van der Waals surface area contributed by atoms with Crippen molar-refractivity contribution in [2.24, 2.45) is 0 Å². The molecular formula is C13H19N3O2. The van der Waals surface area contributed by atoms with E-state index in [4.69, 9.17) is 5.11 Å². The minimum Gasteiger partial charge on any atom is -0.480 e. The number of aromatic nitrogens is 2.